The highest BCUT2D eigenvalue weighted by Crippen LogP contribution is 2.25. The van der Waals surface area contributed by atoms with E-state index in [-0.39, 0.29) is 11.9 Å². The van der Waals surface area contributed by atoms with Crippen molar-refractivity contribution in [2.24, 2.45) is 0 Å². The van der Waals surface area contributed by atoms with E-state index in [1.54, 1.807) is 36.4 Å². The third kappa shape index (κ3) is 5.51. The number of benzene rings is 2. The molecule has 156 valence electrons. The van der Waals surface area contributed by atoms with Crippen LogP contribution in [0.2, 0.25) is 0 Å². The highest BCUT2D eigenvalue weighted by molar-refractivity contribution is 6.04. The predicted molar refractivity (Wildman–Crippen MR) is 119 cm³/mol. The van der Waals surface area contributed by atoms with Crippen LogP contribution in [0, 0.1) is 11.3 Å². The summed E-state index contributed by atoms with van der Waals surface area (Å²) in [5, 5.41) is 17.5. The number of carbonyl (C=O) groups is 2. The molecule has 0 bridgehead atoms. The molecule has 1 aliphatic carbocycles. The van der Waals surface area contributed by atoms with Gasteiger partial charge < -0.3 is 20.9 Å². The molecule has 0 unspecified atom stereocenters. The van der Waals surface area contributed by atoms with E-state index in [1.165, 1.54) is 6.42 Å². The van der Waals surface area contributed by atoms with Crippen molar-refractivity contribution in [3.8, 4) is 6.07 Å². The molecule has 7 nitrogen and oxygen atoms in total. The molecule has 0 aromatic heterocycles. The third-order valence-corrected chi connectivity index (χ3v) is 5.19. The number of hydrogen-bond acceptors (Lipinski definition) is 4. The number of nitrogens with one attached hydrogen (secondary N) is 3. The molecular weight excluding hydrogens is 378 g/mol. The van der Waals surface area contributed by atoms with E-state index in [0.29, 0.717) is 22.5 Å². The van der Waals surface area contributed by atoms with Gasteiger partial charge in [0.15, 0.2) is 0 Å². The van der Waals surface area contributed by atoms with E-state index < -0.39 is 6.03 Å². The smallest absolute Gasteiger partial charge is 0.323 e. The quantitative estimate of drug-likeness (QED) is 0.690. The Kier molecular flexibility index (Phi) is 6.91. The Labute approximate surface area is 177 Å². The van der Waals surface area contributed by atoms with Crippen LogP contribution in [0.3, 0.4) is 0 Å². The number of rotatable bonds is 5. The molecule has 1 fully saturated rings. The summed E-state index contributed by atoms with van der Waals surface area (Å²) < 4.78 is 0. The van der Waals surface area contributed by atoms with Crippen molar-refractivity contribution < 1.29 is 9.59 Å². The lowest BCUT2D eigenvalue weighted by molar-refractivity contribution is 0.0928. The van der Waals surface area contributed by atoms with Crippen molar-refractivity contribution >= 4 is 29.0 Å². The Bertz CT molecular complexity index is 941. The monoisotopic (exact) mass is 405 g/mol. The topological polar surface area (TPSA) is 97.3 Å². The summed E-state index contributed by atoms with van der Waals surface area (Å²) in [6, 6.07) is 13.7. The van der Waals surface area contributed by atoms with Crippen molar-refractivity contribution in [3.63, 3.8) is 0 Å². The summed E-state index contributed by atoms with van der Waals surface area (Å²) in [6.45, 7) is 0. The van der Waals surface area contributed by atoms with Crippen LogP contribution in [-0.2, 0) is 0 Å². The van der Waals surface area contributed by atoms with Crippen molar-refractivity contribution in [3.05, 3.63) is 53.6 Å². The second-order valence-corrected chi connectivity index (χ2v) is 7.70. The molecule has 0 aliphatic heterocycles. The first-order valence-corrected chi connectivity index (χ1v) is 10.2. The molecule has 0 heterocycles. The van der Waals surface area contributed by atoms with E-state index in [4.69, 9.17) is 5.26 Å². The van der Waals surface area contributed by atoms with Crippen LogP contribution in [0.1, 0.15) is 48.0 Å². The van der Waals surface area contributed by atoms with Crippen molar-refractivity contribution in [1.82, 2.24) is 5.32 Å². The van der Waals surface area contributed by atoms with Crippen molar-refractivity contribution in [1.29, 1.82) is 5.26 Å². The normalized spacial score (nSPS) is 13.8. The summed E-state index contributed by atoms with van der Waals surface area (Å²) >= 11 is 0. The molecular formula is C23H27N5O2. The van der Waals surface area contributed by atoms with E-state index in [2.05, 4.69) is 16.0 Å². The molecule has 0 spiro atoms. The first-order valence-electron chi connectivity index (χ1n) is 10.2. The van der Waals surface area contributed by atoms with Gasteiger partial charge in [-0.05, 0) is 55.3 Å². The van der Waals surface area contributed by atoms with E-state index in [9.17, 15) is 9.59 Å². The zero-order valence-electron chi connectivity index (χ0n) is 17.4. The first kappa shape index (κ1) is 21.2. The van der Waals surface area contributed by atoms with Gasteiger partial charge in [-0.3, -0.25) is 4.79 Å². The van der Waals surface area contributed by atoms with Crippen molar-refractivity contribution in [2.45, 2.75) is 38.1 Å². The summed E-state index contributed by atoms with van der Waals surface area (Å²) in [5.41, 5.74) is 2.95. The van der Waals surface area contributed by atoms with Gasteiger partial charge in [-0.2, -0.15) is 5.26 Å². The Hall–Kier alpha value is -3.53. The molecule has 0 atom stereocenters. The second-order valence-electron chi connectivity index (χ2n) is 7.70. The van der Waals surface area contributed by atoms with Gasteiger partial charge >= 0.3 is 6.03 Å². The molecule has 0 radical (unpaired) electrons. The van der Waals surface area contributed by atoms with Gasteiger partial charge in [0.2, 0.25) is 0 Å². The lowest BCUT2D eigenvalue weighted by Gasteiger charge is -2.24. The minimum Gasteiger partial charge on any atom is -0.377 e. The molecule has 7 heteroatoms. The maximum absolute atomic E-state index is 12.9. The van der Waals surface area contributed by atoms with Crippen LogP contribution < -0.4 is 20.9 Å². The Morgan fingerprint density at radius 2 is 1.60 bits per heavy atom. The Balaban J connectivity index is 1.71. The molecule has 3 rings (SSSR count). The number of carbonyl (C=O) groups excluding carboxylic acids is 2. The minimum atomic E-state index is -0.420. The van der Waals surface area contributed by atoms with Crippen LogP contribution in [0.15, 0.2) is 42.5 Å². The Morgan fingerprint density at radius 3 is 2.23 bits per heavy atom. The van der Waals surface area contributed by atoms with Crippen LogP contribution in [0.4, 0.5) is 21.9 Å². The van der Waals surface area contributed by atoms with E-state index >= 15 is 0 Å². The SMILES string of the molecule is CN(C)c1ccc(NC(=O)Nc2ccc(C#N)cc2)cc1C(=O)NC1CCCCC1. The van der Waals surface area contributed by atoms with Gasteiger partial charge in [0.25, 0.3) is 5.91 Å². The standard InChI is InChI=1S/C23H27N5O2/c1-28(2)21-13-12-19(14-20(21)22(29)25-17-6-4-3-5-7-17)27-23(30)26-18-10-8-16(15-24)9-11-18/h8-14,17H,3-7H2,1-2H3,(H,25,29)(H2,26,27,30). The lowest BCUT2D eigenvalue weighted by atomic mass is 9.95. The number of nitrogens with zero attached hydrogens (tertiary/aromatic N) is 2. The number of nitriles is 1. The summed E-state index contributed by atoms with van der Waals surface area (Å²) in [7, 11) is 3.77. The largest absolute Gasteiger partial charge is 0.377 e. The van der Waals surface area contributed by atoms with Crippen LogP contribution in [-0.4, -0.2) is 32.1 Å². The number of anilines is 3. The van der Waals surface area contributed by atoms with E-state index in [1.807, 2.05) is 31.1 Å². The van der Waals surface area contributed by atoms with Gasteiger partial charge in [-0.1, -0.05) is 19.3 Å². The number of amides is 3. The molecule has 1 aliphatic rings. The number of hydrogen-bond donors (Lipinski definition) is 3. The first-order chi connectivity index (χ1) is 14.5. The molecule has 1 saturated carbocycles. The Morgan fingerprint density at radius 1 is 0.967 bits per heavy atom. The average Bonchev–Trinajstić information content (AvgIpc) is 2.74. The average molecular weight is 406 g/mol. The van der Waals surface area contributed by atoms with Crippen molar-refractivity contribution in [2.75, 3.05) is 29.6 Å². The van der Waals surface area contributed by atoms with Crippen LogP contribution in [0.25, 0.3) is 0 Å². The fourth-order valence-corrected chi connectivity index (χ4v) is 3.62. The van der Waals surface area contributed by atoms with Crippen LogP contribution in [0.5, 0.6) is 0 Å². The maximum Gasteiger partial charge on any atom is 0.323 e. The van der Waals surface area contributed by atoms with Gasteiger partial charge in [-0.25, -0.2) is 4.79 Å². The summed E-state index contributed by atoms with van der Waals surface area (Å²) in [6.07, 6.45) is 5.52. The maximum atomic E-state index is 12.9. The molecule has 3 amide bonds. The van der Waals surface area contributed by atoms with Gasteiger partial charge in [0.1, 0.15) is 0 Å². The van der Waals surface area contributed by atoms with Gasteiger partial charge in [0.05, 0.1) is 17.2 Å². The predicted octanol–water partition coefficient (Wildman–Crippen LogP) is 4.33. The zero-order chi connectivity index (χ0) is 21.5. The minimum absolute atomic E-state index is 0.123. The fourth-order valence-electron chi connectivity index (χ4n) is 3.62. The molecule has 2 aromatic carbocycles. The highest BCUT2D eigenvalue weighted by Gasteiger charge is 2.20. The molecule has 0 saturated heterocycles. The molecule has 2 aromatic rings. The molecule has 30 heavy (non-hydrogen) atoms. The second kappa shape index (κ2) is 9.79. The summed E-state index contributed by atoms with van der Waals surface area (Å²) in [4.78, 5) is 27.2. The van der Waals surface area contributed by atoms with Gasteiger partial charge in [-0.15, -0.1) is 0 Å². The fraction of sp³-hybridized carbons (Fsp3) is 0.348. The van der Waals surface area contributed by atoms with Crippen LogP contribution >= 0.6 is 0 Å². The summed E-state index contributed by atoms with van der Waals surface area (Å²) in [5.74, 6) is -0.123. The molecule has 3 N–H and O–H groups in total. The highest BCUT2D eigenvalue weighted by atomic mass is 16.2. The number of urea groups is 1. The van der Waals surface area contributed by atoms with E-state index in [0.717, 1.165) is 31.4 Å². The third-order valence-electron chi connectivity index (χ3n) is 5.19. The van der Waals surface area contributed by atoms with Gasteiger partial charge in [0, 0.05) is 37.2 Å². The zero-order valence-corrected chi connectivity index (χ0v) is 17.4. The lowest BCUT2D eigenvalue weighted by Crippen LogP contribution is -2.36.